The second kappa shape index (κ2) is 9.84. The maximum Gasteiger partial charge on any atom is 0.261 e. The number of carbonyl (C=O) groups is 2. The van der Waals surface area contributed by atoms with Crippen LogP contribution in [0, 0.1) is 11.6 Å². The number of benzene rings is 4. The highest BCUT2D eigenvalue weighted by atomic mass is 19.1. The van der Waals surface area contributed by atoms with Crippen LogP contribution in [0.25, 0.3) is 22.3 Å². The smallest absolute Gasteiger partial charge is 0.261 e. The summed E-state index contributed by atoms with van der Waals surface area (Å²) in [7, 11) is 0. The topological polar surface area (TPSA) is 58.6 Å². The van der Waals surface area contributed by atoms with Crippen LogP contribution in [0.1, 0.15) is 27.1 Å². The maximum atomic E-state index is 13.5. The molecule has 38 heavy (non-hydrogen) atoms. The number of nitrogens with zero attached hydrogens (tertiary/aromatic N) is 1. The second-order valence-corrected chi connectivity index (χ2v) is 9.61. The molecule has 0 saturated carbocycles. The summed E-state index contributed by atoms with van der Waals surface area (Å²) in [5, 5.41) is 3.37. The molecule has 0 aliphatic carbocycles. The lowest BCUT2D eigenvalue weighted by Gasteiger charge is -2.19. The molecule has 1 saturated heterocycles. The maximum absolute atomic E-state index is 13.5. The normalized spacial score (nSPS) is 18.6. The van der Waals surface area contributed by atoms with Crippen molar-refractivity contribution in [2.24, 2.45) is 0 Å². The van der Waals surface area contributed by atoms with E-state index in [1.807, 2.05) is 18.2 Å². The summed E-state index contributed by atoms with van der Waals surface area (Å²) in [6, 6.07) is 25.0. The van der Waals surface area contributed by atoms with E-state index >= 15 is 0 Å². The number of imide groups is 1. The minimum Gasteiger partial charge on any atom is -0.489 e. The average molecular weight is 511 g/mol. The molecule has 2 aliphatic rings. The predicted molar refractivity (Wildman–Crippen MR) is 140 cm³/mol. The van der Waals surface area contributed by atoms with Crippen molar-refractivity contribution in [2.45, 2.75) is 18.6 Å². The van der Waals surface area contributed by atoms with Crippen LogP contribution in [0.2, 0.25) is 0 Å². The number of fused-ring (bicyclic) bond motifs is 1. The van der Waals surface area contributed by atoms with Crippen molar-refractivity contribution in [3.05, 3.63) is 114 Å². The van der Waals surface area contributed by atoms with Gasteiger partial charge in [0, 0.05) is 25.6 Å². The van der Waals surface area contributed by atoms with Gasteiger partial charge in [-0.2, -0.15) is 0 Å². The second-order valence-electron chi connectivity index (χ2n) is 9.61. The largest absolute Gasteiger partial charge is 0.489 e. The molecule has 1 N–H and O–H groups in total. The number of hydrogen-bond acceptors (Lipinski definition) is 4. The van der Waals surface area contributed by atoms with Gasteiger partial charge in [0.1, 0.15) is 23.5 Å². The fourth-order valence-corrected chi connectivity index (χ4v) is 5.11. The highest BCUT2D eigenvalue weighted by Gasteiger charge is 2.38. The molecule has 5 nitrogen and oxygen atoms in total. The minimum atomic E-state index is -0.318. The third-order valence-electron chi connectivity index (χ3n) is 7.03. The van der Waals surface area contributed by atoms with E-state index in [4.69, 9.17) is 4.74 Å². The summed E-state index contributed by atoms with van der Waals surface area (Å²) in [6.45, 7) is 0.823. The zero-order valence-electron chi connectivity index (χ0n) is 20.4. The summed E-state index contributed by atoms with van der Waals surface area (Å²) in [5.74, 6) is -0.554. The quantitative estimate of drug-likeness (QED) is 0.338. The van der Waals surface area contributed by atoms with Gasteiger partial charge in [0.2, 0.25) is 0 Å². The molecule has 1 fully saturated rings. The molecule has 4 aromatic rings. The summed E-state index contributed by atoms with van der Waals surface area (Å²) < 4.78 is 33.4. The number of carbonyl (C=O) groups excluding carboxylic acids is 2. The molecule has 2 amide bonds. The summed E-state index contributed by atoms with van der Waals surface area (Å²) in [6.07, 6.45) is 0.430. The molecule has 4 aromatic carbocycles. The number of ether oxygens (including phenoxy) is 1. The van der Waals surface area contributed by atoms with Crippen LogP contribution in [-0.4, -0.2) is 41.9 Å². The van der Waals surface area contributed by atoms with Crippen LogP contribution in [0.4, 0.5) is 8.78 Å². The first kappa shape index (κ1) is 24.0. The fraction of sp³-hybridized carbons (Fsp3) is 0.161. The number of halogens is 2. The van der Waals surface area contributed by atoms with Crippen molar-refractivity contribution in [3.8, 4) is 28.0 Å². The Kier molecular flexibility index (Phi) is 6.21. The molecule has 7 heteroatoms. The highest BCUT2D eigenvalue weighted by molar-refractivity contribution is 6.21. The fourth-order valence-electron chi connectivity index (χ4n) is 5.11. The molecule has 0 aromatic heterocycles. The van der Waals surface area contributed by atoms with Gasteiger partial charge in [-0.25, -0.2) is 8.78 Å². The molecule has 2 heterocycles. The van der Waals surface area contributed by atoms with Gasteiger partial charge in [0.15, 0.2) is 0 Å². The Morgan fingerprint density at radius 2 is 1.26 bits per heavy atom. The summed E-state index contributed by atoms with van der Waals surface area (Å²) in [5.41, 5.74) is 4.22. The zero-order chi connectivity index (χ0) is 26.2. The average Bonchev–Trinajstić information content (AvgIpc) is 3.47. The van der Waals surface area contributed by atoms with Gasteiger partial charge >= 0.3 is 0 Å². The molecule has 190 valence electrons. The first-order valence-electron chi connectivity index (χ1n) is 12.5. The molecular formula is C31H24F2N2O3. The van der Waals surface area contributed by atoms with E-state index in [1.165, 1.54) is 29.2 Å². The third kappa shape index (κ3) is 4.68. The van der Waals surface area contributed by atoms with Crippen molar-refractivity contribution in [1.82, 2.24) is 10.2 Å². The zero-order valence-corrected chi connectivity index (χ0v) is 20.4. The Morgan fingerprint density at radius 1 is 0.737 bits per heavy atom. The Morgan fingerprint density at radius 3 is 1.79 bits per heavy atom. The van der Waals surface area contributed by atoms with E-state index in [9.17, 15) is 18.4 Å². The molecule has 0 bridgehead atoms. The number of nitrogens with one attached hydrogen (secondary N) is 1. The highest BCUT2D eigenvalue weighted by Crippen LogP contribution is 2.33. The first-order valence-corrected chi connectivity index (χ1v) is 12.5. The Balaban J connectivity index is 1.21. The summed E-state index contributed by atoms with van der Waals surface area (Å²) in [4.78, 5) is 26.8. The molecule has 6 rings (SSSR count). The first-order chi connectivity index (χ1) is 18.4. The predicted octanol–water partition coefficient (Wildman–Crippen LogP) is 5.70. The van der Waals surface area contributed by atoms with E-state index < -0.39 is 0 Å². The van der Waals surface area contributed by atoms with E-state index in [1.54, 1.807) is 48.5 Å². The van der Waals surface area contributed by atoms with Crippen molar-refractivity contribution in [1.29, 1.82) is 0 Å². The summed E-state index contributed by atoms with van der Waals surface area (Å²) >= 11 is 0. The number of amides is 2. The van der Waals surface area contributed by atoms with Gasteiger partial charge in [-0.1, -0.05) is 36.4 Å². The van der Waals surface area contributed by atoms with Gasteiger partial charge in [-0.05, 0) is 76.9 Å². The van der Waals surface area contributed by atoms with Crippen molar-refractivity contribution >= 4 is 11.8 Å². The van der Waals surface area contributed by atoms with Gasteiger partial charge < -0.3 is 10.1 Å². The lowest BCUT2D eigenvalue weighted by atomic mass is 9.98. The van der Waals surface area contributed by atoms with Crippen LogP contribution < -0.4 is 10.1 Å². The van der Waals surface area contributed by atoms with Crippen LogP contribution in [0.3, 0.4) is 0 Å². The molecule has 2 atom stereocenters. The van der Waals surface area contributed by atoms with E-state index in [0.29, 0.717) is 29.8 Å². The molecule has 0 spiro atoms. The number of rotatable bonds is 6. The Bertz CT molecular complexity index is 1420. The molecule has 2 aliphatic heterocycles. The van der Waals surface area contributed by atoms with Gasteiger partial charge in [-0.3, -0.25) is 14.5 Å². The van der Waals surface area contributed by atoms with E-state index in [2.05, 4.69) is 5.32 Å². The van der Waals surface area contributed by atoms with Crippen LogP contribution in [0.5, 0.6) is 5.75 Å². The lowest BCUT2D eigenvalue weighted by Crippen LogP contribution is -2.40. The standard InChI is InChI=1S/C31H24F2N2O3/c32-23-9-5-19(6-10-23)21-13-22(20-7-11-24(33)12-8-20)15-26(14-21)38-27-16-25(34-17-27)18-35-30(36)28-3-1-2-4-29(28)31(35)37/h1-15,25,27,34H,16-18H2/t25-,27-/m0/s1. The number of hydrogen-bond donors (Lipinski definition) is 1. The lowest BCUT2D eigenvalue weighted by molar-refractivity contribution is 0.0639. The van der Waals surface area contributed by atoms with Gasteiger partial charge in [-0.15, -0.1) is 0 Å². The van der Waals surface area contributed by atoms with Gasteiger partial charge in [0.05, 0.1) is 11.1 Å². The Hall–Kier alpha value is -4.36. The van der Waals surface area contributed by atoms with Gasteiger partial charge in [0.25, 0.3) is 11.8 Å². The van der Waals surface area contributed by atoms with Crippen LogP contribution in [-0.2, 0) is 0 Å². The monoisotopic (exact) mass is 510 g/mol. The van der Waals surface area contributed by atoms with Crippen molar-refractivity contribution in [3.63, 3.8) is 0 Å². The van der Waals surface area contributed by atoms with Crippen molar-refractivity contribution in [2.75, 3.05) is 13.1 Å². The van der Waals surface area contributed by atoms with E-state index in [0.717, 1.165) is 22.3 Å². The minimum absolute atomic E-state index is 0.0981. The van der Waals surface area contributed by atoms with Crippen molar-refractivity contribution < 1.29 is 23.1 Å². The molecule has 0 unspecified atom stereocenters. The molecular weight excluding hydrogens is 486 g/mol. The SMILES string of the molecule is O=C1c2ccccc2C(=O)N1C[C@@H]1C[C@H](Oc2cc(-c3ccc(F)cc3)cc(-c3ccc(F)cc3)c2)CN1. The van der Waals surface area contributed by atoms with Crippen LogP contribution in [0.15, 0.2) is 91.0 Å². The third-order valence-corrected chi connectivity index (χ3v) is 7.03. The molecule has 0 radical (unpaired) electrons. The van der Waals surface area contributed by atoms with E-state index in [-0.39, 0.29) is 42.1 Å². The Labute approximate surface area is 218 Å². The van der Waals surface area contributed by atoms with Crippen LogP contribution >= 0.6 is 0 Å².